The molecule has 4 heteroatoms. The van der Waals surface area contributed by atoms with Crippen LogP contribution < -0.4 is 0 Å². The monoisotopic (exact) mass is 215 g/mol. The van der Waals surface area contributed by atoms with Gasteiger partial charge in [-0.2, -0.15) is 0 Å². The van der Waals surface area contributed by atoms with Crippen molar-refractivity contribution in [2.45, 2.75) is 38.7 Å². The fraction of sp³-hybridized carbons (Fsp3) is 0.909. The molecule has 1 heterocycles. The summed E-state index contributed by atoms with van der Waals surface area (Å²) in [4.78, 5) is 12.6. The van der Waals surface area contributed by atoms with Gasteiger partial charge in [0, 0.05) is 19.5 Å². The molecule has 0 aromatic heterocycles. The highest BCUT2D eigenvalue weighted by Gasteiger charge is 2.23. The number of likely N-dealkylation sites (tertiary alicyclic amines) is 1. The number of rotatable bonds is 6. The van der Waals surface area contributed by atoms with Gasteiger partial charge >= 0.3 is 5.97 Å². The molecule has 0 saturated carbocycles. The molecule has 0 aromatic rings. The Labute approximate surface area is 90.9 Å². The molecule has 1 fully saturated rings. The van der Waals surface area contributed by atoms with E-state index in [1.165, 1.54) is 0 Å². The number of hydrogen-bond donors (Lipinski definition) is 2. The Morgan fingerprint density at radius 1 is 1.60 bits per heavy atom. The van der Waals surface area contributed by atoms with Crippen LogP contribution in [0.25, 0.3) is 0 Å². The molecule has 1 saturated heterocycles. The third-order valence-electron chi connectivity index (χ3n) is 3.08. The van der Waals surface area contributed by atoms with E-state index in [4.69, 9.17) is 5.11 Å². The molecule has 2 unspecified atom stereocenters. The molecular weight excluding hydrogens is 194 g/mol. The van der Waals surface area contributed by atoms with Crippen LogP contribution in [-0.2, 0) is 4.79 Å². The Hall–Kier alpha value is -0.610. The number of aliphatic hydroxyl groups is 1. The van der Waals surface area contributed by atoms with Crippen molar-refractivity contribution in [3.8, 4) is 0 Å². The van der Waals surface area contributed by atoms with Crippen LogP contribution in [0.1, 0.15) is 32.6 Å². The Kier molecular flexibility index (Phi) is 5.05. The fourth-order valence-electron chi connectivity index (χ4n) is 2.07. The van der Waals surface area contributed by atoms with Crippen molar-refractivity contribution in [2.24, 2.45) is 5.92 Å². The van der Waals surface area contributed by atoms with Crippen LogP contribution in [0.2, 0.25) is 0 Å². The SMILES string of the molecule is CCC(O)CN1CCC(CCC(=O)O)C1. The van der Waals surface area contributed by atoms with E-state index in [9.17, 15) is 9.90 Å². The molecule has 1 rings (SSSR count). The second-order valence-electron chi connectivity index (χ2n) is 4.41. The van der Waals surface area contributed by atoms with Gasteiger partial charge in [-0.3, -0.25) is 4.79 Å². The Morgan fingerprint density at radius 3 is 2.93 bits per heavy atom. The van der Waals surface area contributed by atoms with E-state index in [1.54, 1.807) is 0 Å². The van der Waals surface area contributed by atoms with Gasteiger partial charge in [0.2, 0.25) is 0 Å². The van der Waals surface area contributed by atoms with E-state index in [-0.39, 0.29) is 12.5 Å². The number of β-amino-alcohol motifs (C(OH)–C–C–N with tert-alkyl or cyclic N) is 1. The smallest absolute Gasteiger partial charge is 0.303 e. The van der Waals surface area contributed by atoms with Crippen LogP contribution in [0.3, 0.4) is 0 Å². The lowest BCUT2D eigenvalue weighted by molar-refractivity contribution is -0.137. The molecule has 1 aliphatic rings. The molecule has 15 heavy (non-hydrogen) atoms. The molecule has 88 valence electrons. The summed E-state index contributed by atoms with van der Waals surface area (Å²) in [7, 11) is 0. The van der Waals surface area contributed by atoms with Crippen molar-refractivity contribution in [1.29, 1.82) is 0 Å². The number of aliphatic hydroxyl groups excluding tert-OH is 1. The first kappa shape index (κ1) is 12.5. The number of aliphatic carboxylic acids is 1. The van der Waals surface area contributed by atoms with E-state index in [0.29, 0.717) is 5.92 Å². The normalized spacial score (nSPS) is 24.3. The number of carboxylic acids is 1. The molecule has 0 bridgehead atoms. The number of carboxylic acid groups (broad SMARTS) is 1. The predicted octanol–water partition coefficient (Wildman–Crippen LogP) is 0.944. The van der Waals surface area contributed by atoms with Crippen molar-refractivity contribution in [1.82, 2.24) is 4.90 Å². The fourth-order valence-corrected chi connectivity index (χ4v) is 2.07. The lowest BCUT2D eigenvalue weighted by atomic mass is 10.0. The second kappa shape index (κ2) is 6.08. The molecule has 0 amide bonds. The van der Waals surface area contributed by atoms with Crippen LogP contribution in [-0.4, -0.2) is 46.8 Å². The van der Waals surface area contributed by atoms with Gasteiger partial charge in [0.05, 0.1) is 6.10 Å². The third-order valence-corrected chi connectivity index (χ3v) is 3.08. The first-order valence-electron chi connectivity index (χ1n) is 5.74. The van der Waals surface area contributed by atoms with Crippen LogP contribution in [0.4, 0.5) is 0 Å². The zero-order valence-corrected chi connectivity index (χ0v) is 9.35. The molecular formula is C11H21NO3. The van der Waals surface area contributed by atoms with E-state index >= 15 is 0 Å². The molecule has 4 nitrogen and oxygen atoms in total. The first-order chi connectivity index (χ1) is 7.11. The maximum atomic E-state index is 10.4. The Morgan fingerprint density at radius 2 is 2.33 bits per heavy atom. The topological polar surface area (TPSA) is 60.8 Å². The van der Waals surface area contributed by atoms with Gasteiger partial charge in [0.1, 0.15) is 0 Å². The minimum atomic E-state index is -0.706. The van der Waals surface area contributed by atoms with Gasteiger partial charge < -0.3 is 15.1 Å². The minimum Gasteiger partial charge on any atom is -0.481 e. The molecule has 2 N–H and O–H groups in total. The van der Waals surface area contributed by atoms with Crippen molar-refractivity contribution >= 4 is 5.97 Å². The standard InChI is InChI=1S/C11H21NO3/c1-2-10(13)8-12-6-5-9(7-12)3-4-11(14)15/h9-10,13H,2-8H2,1H3,(H,14,15). The molecule has 1 aliphatic heterocycles. The van der Waals surface area contributed by atoms with E-state index < -0.39 is 5.97 Å². The zero-order chi connectivity index (χ0) is 11.3. The maximum Gasteiger partial charge on any atom is 0.303 e. The highest BCUT2D eigenvalue weighted by atomic mass is 16.4. The average Bonchev–Trinajstić information content (AvgIpc) is 2.62. The van der Waals surface area contributed by atoms with Gasteiger partial charge in [-0.15, -0.1) is 0 Å². The highest BCUT2D eigenvalue weighted by molar-refractivity contribution is 5.66. The summed E-state index contributed by atoms with van der Waals surface area (Å²) in [6.07, 6.45) is 2.67. The minimum absolute atomic E-state index is 0.233. The summed E-state index contributed by atoms with van der Waals surface area (Å²) in [5.74, 6) is -0.202. The quantitative estimate of drug-likeness (QED) is 0.692. The van der Waals surface area contributed by atoms with Crippen LogP contribution in [0.15, 0.2) is 0 Å². The van der Waals surface area contributed by atoms with Gasteiger partial charge in [-0.25, -0.2) is 0 Å². The first-order valence-corrected chi connectivity index (χ1v) is 5.74. The molecule has 0 spiro atoms. The van der Waals surface area contributed by atoms with Crippen LogP contribution in [0, 0.1) is 5.92 Å². The van der Waals surface area contributed by atoms with Crippen molar-refractivity contribution in [3.05, 3.63) is 0 Å². The summed E-state index contributed by atoms with van der Waals surface area (Å²) < 4.78 is 0. The maximum absolute atomic E-state index is 10.4. The van der Waals surface area contributed by atoms with Crippen molar-refractivity contribution < 1.29 is 15.0 Å². The molecule has 0 radical (unpaired) electrons. The Balaban J connectivity index is 2.17. The van der Waals surface area contributed by atoms with Gasteiger partial charge in [0.25, 0.3) is 0 Å². The largest absolute Gasteiger partial charge is 0.481 e. The van der Waals surface area contributed by atoms with E-state index in [1.807, 2.05) is 6.92 Å². The molecule has 0 aromatic carbocycles. The number of hydrogen-bond acceptors (Lipinski definition) is 3. The molecule has 2 atom stereocenters. The summed E-state index contributed by atoms with van der Waals surface area (Å²) in [6, 6.07) is 0. The summed E-state index contributed by atoms with van der Waals surface area (Å²) in [6.45, 7) is 4.66. The van der Waals surface area contributed by atoms with Crippen LogP contribution >= 0.6 is 0 Å². The van der Waals surface area contributed by atoms with Crippen molar-refractivity contribution in [2.75, 3.05) is 19.6 Å². The van der Waals surface area contributed by atoms with Crippen molar-refractivity contribution in [3.63, 3.8) is 0 Å². The summed E-state index contributed by atoms with van der Waals surface area (Å²) >= 11 is 0. The lowest BCUT2D eigenvalue weighted by Crippen LogP contribution is -2.30. The number of nitrogens with zero attached hydrogens (tertiary/aromatic N) is 1. The third kappa shape index (κ3) is 4.62. The van der Waals surface area contributed by atoms with E-state index in [2.05, 4.69) is 4.90 Å². The van der Waals surface area contributed by atoms with Gasteiger partial charge in [-0.1, -0.05) is 6.92 Å². The lowest BCUT2D eigenvalue weighted by Gasteiger charge is -2.18. The molecule has 0 aliphatic carbocycles. The predicted molar refractivity (Wildman–Crippen MR) is 57.7 cm³/mol. The van der Waals surface area contributed by atoms with Gasteiger partial charge in [-0.05, 0) is 31.7 Å². The van der Waals surface area contributed by atoms with E-state index in [0.717, 1.165) is 38.9 Å². The van der Waals surface area contributed by atoms with Gasteiger partial charge in [0.15, 0.2) is 0 Å². The summed E-state index contributed by atoms with van der Waals surface area (Å²) in [5.41, 5.74) is 0. The zero-order valence-electron chi connectivity index (χ0n) is 9.35. The highest BCUT2D eigenvalue weighted by Crippen LogP contribution is 2.21. The Bertz CT molecular complexity index is 208. The average molecular weight is 215 g/mol. The van der Waals surface area contributed by atoms with Crippen LogP contribution in [0.5, 0.6) is 0 Å². The summed E-state index contributed by atoms with van der Waals surface area (Å²) in [5, 5.41) is 18.1. The number of carbonyl (C=O) groups is 1. The second-order valence-corrected chi connectivity index (χ2v) is 4.41.